The Morgan fingerprint density at radius 2 is 1.10 bits per heavy atom. The number of rotatable bonds is 5. The highest BCUT2D eigenvalue weighted by Crippen LogP contribution is 2.45. The molecule has 0 aliphatic heterocycles. The second kappa shape index (κ2) is 11.5. The molecule has 11 aromatic rings. The third-order valence-electron chi connectivity index (χ3n) is 10.4. The van der Waals surface area contributed by atoms with Gasteiger partial charge in [0.2, 0.25) is 0 Å². The largest absolute Gasteiger partial charge is 0.454 e. The molecule has 3 aromatic heterocycles. The average Bonchev–Trinajstić information content (AvgIpc) is 3.88. The number of aromatic nitrogens is 1. The molecule has 8 aromatic carbocycles. The monoisotopic (exact) mass is 682 g/mol. The number of furan rings is 1. The summed E-state index contributed by atoms with van der Waals surface area (Å²) in [7, 11) is 0. The van der Waals surface area contributed by atoms with Crippen LogP contribution in [0.4, 0.5) is 17.1 Å². The Morgan fingerprint density at radius 1 is 0.423 bits per heavy atom. The molecule has 0 atom stereocenters. The highest BCUT2D eigenvalue weighted by Gasteiger charge is 2.22. The highest BCUT2D eigenvalue weighted by atomic mass is 32.1. The number of fused-ring (bicyclic) bond motifs is 9. The summed E-state index contributed by atoms with van der Waals surface area (Å²) < 4.78 is 11.7. The van der Waals surface area contributed by atoms with E-state index in [9.17, 15) is 0 Å². The molecule has 0 spiro atoms. The second-order valence-corrected chi connectivity index (χ2v) is 14.4. The SMILES string of the molecule is c1ccc(-n2c3ccccc3c3ccc(N(c4cccc(-c5ccc6c(c5)sc5ccccc56)c4)c4cccc5c4oc4ccccc45)cc32)cc1. The Labute approximate surface area is 303 Å². The first kappa shape index (κ1) is 29.1. The van der Waals surface area contributed by atoms with Crippen molar-refractivity contribution in [2.45, 2.75) is 0 Å². The van der Waals surface area contributed by atoms with E-state index in [0.717, 1.165) is 55.8 Å². The van der Waals surface area contributed by atoms with Gasteiger partial charge in [0, 0.05) is 58.8 Å². The van der Waals surface area contributed by atoms with Gasteiger partial charge in [-0.1, -0.05) is 115 Å². The fourth-order valence-electron chi connectivity index (χ4n) is 8.02. The van der Waals surface area contributed by atoms with Gasteiger partial charge in [-0.05, 0) is 77.9 Å². The highest BCUT2D eigenvalue weighted by molar-refractivity contribution is 7.25. The van der Waals surface area contributed by atoms with E-state index in [1.807, 2.05) is 17.4 Å². The number of hydrogen-bond donors (Lipinski definition) is 0. The number of benzene rings is 8. The predicted octanol–water partition coefficient (Wildman–Crippen LogP) is 14.2. The van der Waals surface area contributed by atoms with Crippen molar-refractivity contribution >= 4 is 92.3 Å². The smallest absolute Gasteiger partial charge is 0.159 e. The van der Waals surface area contributed by atoms with Gasteiger partial charge in [0.1, 0.15) is 5.58 Å². The standard InChI is InChI=1S/C48H30N2OS/c1-2-13-33(14-3-1)50-42-20-7-4-16-36(42)37-27-25-35(30-44(37)50)49(43-21-11-19-41-38-17-5-8-22-45(38)51-48(41)43)34-15-10-12-31(28-34)32-24-26-40-39-18-6-9-23-46(39)52-47(40)29-32/h1-30H. The lowest BCUT2D eigenvalue weighted by molar-refractivity contribution is 0.669. The summed E-state index contributed by atoms with van der Waals surface area (Å²) in [6, 6.07) is 65.5. The van der Waals surface area contributed by atoms with Crippen LogP contribution in [-0.4, -0.2) is 4.57 Å². The van der Waals surface area contributed by atoms with Crippen LogP contribution >= 0.6 is 11.3 Å². The number of thiophene rings is 1. The quantitative estimate of drug-likeness (QED) is 0.180. The molecular weight excluding hydrogens is 653 g/mol. The van der Waals surface area contributed by atoms with Crippen molar-refractivity contribution < 1.29 is 4.42 Å². The summed E-state index contributed by atoms with van der Waals surface area (Å²) in [5.74, 6) is 0. The maximum atomic E-state index is 6.68. The molecule has 0 bridgehead atoms. The first-order chi connectivity index (χ1) is 25.8. The minimum absolute atomic E-state index is 0.865. The average molecular weight is 683 g/mol. The fourth-order valence-corrected chi connectivity index (χ4v) is 9.16. The number of para-hydroxylation sites is 4. The van der Waals surface area contributed by atoms with Crippen molar-refractivity contribution in [2.75, 3.05) is 4.90 Å². The number of hydrogen-bond acceptors (Lipinski definition) is 3. The summed E-state index contributed by atoms with van der Waals surface area (Å²) in [6.45, 7) is 0. The molecule has 0 saturated heterocycles. The Morgan fingerprint density at radius 3 is 2.02 bits per heavy atom. The zero-order valence-corrected chi connectivity index (χ0v) is 28.8. The van der Waals surface area contributed by atoms with Crippen LogP contribution in [-0.2, 0) is 0 Å². The van der Waals surface area contributed by atoms with E-state index >= 15 is 0 Å². The van der Waals surface area contributed by atoms with Crippen molar-refractivity contribution in [3.8, 4) is 16.8 Å². The molecule has 0 aliphatic carbocycles. The van der Waals surface area contributed by atoms with E-state index < -0.39 is 0 Å². The lowest BCUT2D eigenvalue weighted by atomic mass is 10.0. The molecule has 3 heterocycles. The van der Waals surface area contributed by atoms with Gasteiger partial charge in [0.15, 0.2) is 5.58 Å². The van der Waals surface area contributed by atoms with Crippen molar-refractivity contribution in [3.05, 3.63) is 182 Å². The predicted molar refractivity (Wildman–Crippen MR) is 221 cm³/mol. The van der Waals surface area contributed by atoms with Crippen LogP contribution in [0.2, 0.25) is 0 Å². The Balaban J connectivity index is 1.15. The molecule has 0 amide bonds. The fraction of sp³-hybridized carbons (Fsp3) is 0. The molecule has 0 saturated carbocycles. The third kappa shape index (κ3) is 4.45. The first-order valence-corrected chi connectivity index (χ1v) is 18.4. The maximum absolute atomic E-state index is 6.68. The molecule has 52 heavy (non-hydrogen) atoms. The molecule has 0 unspecified atom stereocenters. The van der Waals surface area contributed by atoms with Gasteiger partial charge in [-0.15, -0.1) is 11.3 Å². The molecule has 0 fully saturated rings. The number of nitrogens with zero attached hydrogens (tertiary/aromatic N) is 2. The van der Waals surface area contributed by atoms with E-state index in [0.29, 0.717) is 0 Å². The second-order valence-electron chi connectivity index (χ2n) is 13.3. The van der Waals surface area contributed by atoms with Crippen molar-refractivity contribution in [3.63, 3.8) is 0 Å². The molecular formula is C48H30N2OS. The maximum Gasteiger partial charge on any atom is 0.159 e. The van der Waals surface area contributed by atoms with E-state index in [-0.39, 0.29) is 0 Å². The normalized spacial score (nSPS) is 11.8. The van der Waals surface area contributed by atoms with E-state index in [2.05, 4.69) is 185 Å². The molecule has 11 rings (SSSR count). The molecule has 0 aliphatic rings. The Hall–Kier alpha value is -6.62. The Kier molecular flexibility index (Phi) is 6.42. The van der Waals surface area contributed by atoms with Gasteiger partial charge in [0.05, 0.1) is 16.7 Å². The van der Waals surface area contributed by atoms with Crippen molar-refractivity contribution in [1.29, 1.82) is 0 Å². The van der Waals surface area contributed by atoms with Crippen LogP contribution in [0.5, 0.6) is 0 Å². The van der Waals surface area contributed by atoms with Gasteiger partial charge in [0.25, 0.3) is 0 Å². The van der Waals surface area contributed by atoms with Gasteiger partial charge in [-0.2, -0.15) is 0 Å². The molecule has 3 nitrogen and oxygen atoms in total. The van der Waals surface area contributed by atoms with E-state index in [4.69, 9.17) is 4.42 Å². The van der Waals surface area contributed by atoms with Crippen LogP contribution in [0.1, 0.15) is 0 Å². The van der Waals surface area contributed by atoms with Gasteiger partial charge >= 0.3 is 0 Å². The summed E-state index contributed by atoms with van der Waals surface area (Å²) in [5, 5.41) is 7.29. The third-order valence-corrected chi connectivity index (χ3v) is 11.5. The van der Waals surface area contributed by atoms with Crippen LogP contribution in [0, 0.1) is 0 Å². The minimum Gasteiger partial charge on any atom is -0.454 e. The van der Waals surface area contributed by atoms with Crippen LogP contribution in [0.15, 0.2) is 186 Å². The zero-order chi connectivity index (χ0) is 34.2. The Bertz CT molecular complexity index is 3150. The van der Waals surface area contributed by atoms with Crippen molar-refractivity contribution in [1.82, 2.24) is 4.57 Å². The summed E-state index contributed by atoms with van der Waals surface area (Å²) in [6.07, 6.45) is 0. The van der Waals surface area contributed by atoms with Gasteiger partial charge < -0.3 is 13.9 Å². The molecule has 0 radical (unpaired) electrons. The summed E-state index contributed by atoms with van der Waals surface area (Å²) in [4.78, 5) is 2.36. The molecule has 244 valence electrons. The molecule has 0 N–H and O–H groups in total. The van der Waals surface area contributed by atoms with Crippen LogP contribution in [0.3, 0.4) is 0 Å². The zero-order valence-electron chi connectivity index (χ0n) is 28.0. The number of anilines is 3. The topological polar surface area (TPSA) is 21.3 Å². The van der Waals surface area contributed by atoms with Crippen molar-refractivity contribution in [2.24, 2.45) is 0 Å². The summed E-state index contributed by atoms with van der Waals surface area (Å²) >= 11 is 1.86. The van der Waals surface area contributed by atoms with E-state index in [1.54, 1.807) is 0 Å². The van der Waals surface area contributed by atoms with Gasteiger partial charge in [-0.25, -0.2) is 0 Å². The summed E-state index contributed by atoms with van der Waals surface area (Å²) in [5.41, 5.74) is 10.7. The lowest BCUT2D eigenvalue weighted by Crippen LogP contribution is -2.10. The molecule has 4 heteroatoms. The minimum atomic E-state index is 0.865. The lowest BCUT2D eigenvalue weighted by Gasteiger charge is -2.26. The first-order valence-electron chi connectivity index (χ1n) is 17.6. The van der Waals surface area contributed by atoms with E-state index in [1.165, 1.54) is 42.0 Å². The van der Waals surface area contributed by atoms with Crippen LogP contribution in [0.25, 0.3) is 80.7 Å². The van der Waals surface area contributed by atoms with Crippen LogP contribution < -0.4 is 4.90 Å². The van der Waals surface area contributed by atoms with Gasteiger partial charge in [-0.3, -0.25) is 0 Å².